The van der Waals surface area contributed by atoms with E-state index in [1.54, 1.807) is 14.0 Å². The fraction of sp³-hybridized carbons (Fsp3) is 0.526. The predicted octanol–water partition coefficient (Wildman–Crippen LogP) is 2.82. The third kappa shape index (κ3) is 4.66. The van der Waals surface area contributed by atoms with Gasteiger partial charge in [0.25, 0.3) is 0 Å². The van der Waals surface area contributed by atoms with Gasteiger partial charge in [0, 0.05) is 30.2 Å². The Morgan fingerprint density at radius 1 is 1.40 bits per heavy atom. The highest BCUT2D eigenvalue weighted by Gasteiger charge is 2.27. The molecule has 1 heterocycles. The zero-order chi connectivity index (χ0) is 18.4. The highest BCUT2D eigenvalue weighted by molar-refractivity contribution is 5.89. The number of aliphatic hydroxyl groups is 1. The number of aromatic amines is 1. The lowest BCUT2D eigenvalue weighted by Gasteiger charge is -2.29. The maximum atomic E-state index is 11.9. The van der Waals surface area contributed by atoms with Crippen LogP contribution in [0.15, 0.2) is 24.4 Å². The number of carbonyl (C=O) groups excluding carboxylic acids is 1. The minimum atomic E-state index is -0.906. The first-order valence-corrected chi connectivity index (χ1v) is 8.76. The lowest BCUT2D eigenvalue weighted by molar-refractivity contribution is 0.00791. The van der Waals surface area contributed by atoms with E-state index in [1.165, 1.54) is 0 Å². The van der Waals surface area contributed by atoms with Crippen LogP contribution in [-0.4, -0.2) is 41.9 Å². The van der Waals surface area contributed by atoms with Crippen LogP contribution >= 0.6 is 0 Å². The highest BCUT2D eigenvalue weighted by atomic mass is 16.5. The molecule has 138 valence electrons. The van der Waals surface area contributed by atoms with E-state index >= 15 is 0 Å². The number of nitrogens with one attached hydrogen (secondary N) is 3. The average Bonchev–Trinajstić information content (AvgIpc) is 3.02. The number of methoxy groups -OCH3 is 1. The Bertz CT molecular complexity index is 709. The molecule has 25 heavy (non-hydrogen) atoms. The molecule has 4 N–H and O–H groups in total. The monoisotopic (exact) mass is 347 g/mol. The zero-order valence-electron chi connectivity index (χ0n) is 15.5. The summed E-state index contributed by atoms with van der Waals surface area (Å²) in [4.78, 5) is 15.2. The van der Waals surface area contributed by atoms with Crippen LogP contribution in [-0.2, 0) is 6.42 Å². The number of benzene rings is 1. The minimum absolute atomic E-state index is 0.117. The van der Waals surface area contributed by atoms with E-state index in [4.69, 9.17) is 4.74 Å². The van der Waals surface area contributed by atoms with Gasteiger partial charge in [0.1, 0.15) is 5.75 Å². The molecule has 2 rings (SSSR count). The molecule has 0 radical (unpaired) electrons. The lowest BCUT2D eigenvalue weighted by atomic mass is 9.89. The van der Waals surface area contributed by atoms with Crippen molar-refractivity contribution >= 4 is 16.9 Å². The first kappa shape index (κ1) is 19.1. The van der Waals surface area contributed by atoms with Crippen molar-refractivity contribution in [3.8, 4) is 5.75 Å². The Morgan fingerprint density at radius 3 is 2.84 bits per heavy atom. The van der Waals surface area contributed by atoms with E-state index < -0.39 is 5.60 Å². The average molecular weight is 347 g/mol. The van der Waals surface area contributed by atoms with Crippen LogP contribution in [0.3, 0.4) is 0 Å². The summed E-state index contributed by atoms with van der Waals surface area (Å²) in [5, 5.41) is 17.0. The molecule has 6 heteroatoms. The molecule has 1 aromatic carbocycles. The van der Waals surface area contributed by atoms with Gasteiger partial charge in [-0.2, -0.15) is 0 Å². The normalized spacial score (nSPS) is 14.8. The van der Waals surface area contributed by atoms with E-state index in [2.05, 4.69) is 15.6 Å². The largest absolute Gasteiger partial charge is 0.496 e. The molecule has 2 atom stereocenters. The predicted molar refractivity (Wildman–Crippen MR) is 100 cm³/mol. The fourth-order valence-electron chi connectivity index (χ4n) is 2.83. The van der Waals surface area contributed by atoms with Gasteiger partial charge in [-0.05, 0) is 37.0 Å². The number of amides is 2. The topological polar surface area (TPSA) is 86.4 Å². The van der Waals surface area contributed by atoms with Crippen molar-refractivity contribution < 1.29 is 14.6 Å². The molecule has 2 unspecified atom stereocenters. The summed E-state index contributed by atoms with van der Waals surface area (Å²) in [6, 6.07) is 5.60. The molecule has 0 fully saturated rings. The van der Waals surface area contributed by atoms with E-state index in [-0.39, 0.29) is 18.5 Å². The third-order valence-electron chi connectivity index (χ3n) is 4.93. The molecule has 0 aliphatic carbocycles. The van der Waals surface area contributed by atoms with Crippen LogP contribution in [0.5, 0.6) is 5.75 Å². The first-order chi connectivity index (χ1) is 11.9. The zero-order valence-corrected chi connectivity index (χ0v) is 15.5. The van der Waals surface area contributed by atoms with Crippen molar-refractivity contribution in [2.24, 2.45) is 5.92 Å². The molecule has 6 nitrogen and oxygen atoms in total. The van der Waals surface area contributed by atoms with Gasteiger partial charge in [0.15, 0.2) is 0 Å². The Hall–Kier alpha value is -2.21. The minimum Gasteiger partial charge on any atom is -0.496 e. The van der Waals surface area contributed by atoms with Crippen molar-refractivity contribution in [2.75, 3.05) is 20.2 Å². The molecule has 0 aliphatic rings. The van der Waals surface area contributed by atoms with Gasteiger partial charge in [0.05, 0.1) is 12.7 Å². The van der Waals surface area contributed by atoms with Crippen molar-refractivity contribution in [3.05, 3.63) is 30.0 Å². The molecular weight excluding hydrogens is 318 g/mol. The third-order valence-corrected chi connectivity index (χ3v) is 4.93. The fourth-order valence-corrected chi connectivity index (χ4v) is 2.83. The van der Waals surface area contributed by atoms with E-state index in [9.17, 15) is 9.90 Å². The summed E-state index contributed by atoms with van der Waals surface area (Å²) in [6.07, 6.45) is 3.49. The standard InChI is InChI=1S/C19H29N3O3/c1-5-13(2)19(3,24)12-22-18(23)20-10-9-14-11-21-15-7-6-8-16(25-4)17(14)15/h6-8,11,13,21,24H,5,9-10,12H2,1-4H3,(H2,20,22,23). The van der Waals surface area contributed by atoms with Crippen molar-refractivity contribution in [1.29, 1.82) is 0 Å². The van der Waals surface area contributed by atoms with Crippen LogP contribution in [0, 0.1) is 5.92 Å². The van der Waals surface area contributed by atoms with Gasteiger partial charge in [-0.25, -0.2) is 4.79 Å². The summed E-state index contributed by atoms with van der Waals surface area (Å²) < 4.78 is 5.42. The highest BCUT2D eigenvalue weighted by Crippen LogP contribution is 2.28. The first-order valence-electron chi connectivity index (χ1n) is 8.76. The smallest absolute Gasteiger partial charge is 0.314 e. The summed E-state index contributed by atoms with van der Waals surface area (Å²) in [6.45, 7) is 6.48. The van der Waals surface area contributed by atoms with E-state index in [0.717, 1.165) is 28.6 Å². The van der Waals surface area contributed by atoms with Crippen molar-refractivity contribution in [2.45, 2.75) is 39.2 Å². The maximum absolute atomic E-state index is 11.9. The maximum Gasteiger partial charge on any atom is 0.314 e. The number of hydrogen-bond acceptors (Lipinski definition) is 3. The van der Waals surface area contributed by atoms with E-state index in [0.29, 0.717) is 13.0 Å². The molecule has 2 amide bonds. The number of rotatable bonds is 8. The molecule has 0 saturated carbocycles. The Balaban J connectivity index is 1.86. The van der Waals surface area contributed by atoms with Gasteiger partial charge in [0.2, 0.25) is 0 Å². The number of hydrogen-bond donors (Lipinski definition) is 4. The second-order valence-corrected chi connectivity index (χ2v) is 6.72. The van der Waals surface area contributed by atoms with E-state index in [1.807, 2.05) is 38.2 Å². The molecule has 0 spiro atoms. The summed E-state index contributed by atoms with van der Waals surface area (Å²) in [5.41, 5.74) is 1.21. The second-order valence-electron chi connectivity index (χ2n) is 6.72. The van der Waals surface area contributed by atoms with Gasteiger partial charge >= 0.3 is 6.03 Å². The van der Waals surface area contributed by atoms with Crippen LogP contribution < -0.4 is 15.4 Å². The van der Waals surface area contributed by atoms with Gasteiger partial charge < -0.3 is 25.5 Å². The second kappa shape index (κ2) is 8.25. The molecular formula is C19H29N3O3. The van der Waals surface area contributed by atoms with Crippen molar-refractivity contribution in [3.63, 3.8) is 0 Å². The Kier molecular flexibility index (Phi) is 6.31. The number of H-pyrrole nitrogens is 1. The number of fused-ring (bicyclic) bond motifs is 1. The van der Waals surface area contributed by atoms with Crippen LogP contribution in [0.1, 0.15) is 32.8 Å². The lowest BCUT2D eigenvalue weighted by Crippen LogP contribution is -2.48. The Morgan fingerprint density at radius 2 is 2.16 bits per heavy atom. The summed E-state index contributed by atoms with van der Waals surface area (Å²) in [7, 11) is 1.65. The summed E-state index contributed by atoms with van der Waals surface area (Å²) >= 11 is 0. The van der Waals surface area contributed by atoms with Gasteiger partial charge in [-0.15, -0.1) is 0 Å². The van der Waals surface area contributed by atoms with Crippen LogP contribution in [0.4, 0.5) is 4.79 Å². The van der Waals surface area contributed by atoms with Crippen molar-refractivity contribution in [1.82, 2.24) is 15.6 Å². The molecule has 1 aromatic heterocycles. The number of carbonyl (C=O) groups is 1. The Labute approximate surface area is 149 Å². The number of urea groups is 1. The van der Waals surface area contributed by atoms with Crippen LogP contribution in [0.25, 0.3) is 10.9 Å². The van der Waals surface area contributed by atoms with Gasteiger partial charge in [-0.1, -0.05) is 26.3 Å². The summed E-state index contributed by atoms with van der Waals surface area (Å²) in [5.74, 6) is 0.939. The van der Waals surface area contributed by atoms with Gasteiger partial charge in [-0.3, -0.25) is 0 Å². The quantitative estimate of drug-likeness (QED) is 0.592. The molecule has 0 saturated heterocycles. The van der Waals surface area contributed by atoms with Crippen LogP contribution in [0.2, 0.25) is 0 Å². The molecule has 0 aliphatic heterocycles. The SMILES string of the molecule is CCC(C)C(C)(O)CNC(=O)NCCc1c[nH]c2cccc(OC)c12. The molecule has 0 bridgehead atoms. The molecule has 2 aromatic rings. The number of ether oxygens (including phenoxy) is 1. The number of aromatic nitrogens is 1.